The molecule has 0 saturated heterocycles. The van der Waals surface area contributed by atoms with Gasteiger partial charge in [0.2, 0.25) is 0 Å². The Balaban J connectivity index is 0.946. The summed E-state index contributed by atoms with van der Waals surface area (Å²) in [4.78, 5) is 2.34. The number of anilines is 3. The lowest BCUT2D eigenvalue weighted by Crippen LogP contribution is -2.09. The van der Waals surface area contributed by atoms with Crippen molar-refractivity contribution in [1.29, 1.82) is 0 Å². The monoisotopic (exact) mass is 744 g/mol. The van der Waals surface area contributed by atoms with Gasteiger partial charge in [-0.25, -0.2) is 0 Å². The van der Waals surface area contributed by atoms with E-state index in [1.165, 1.54) is 75.4 Å². The quantitative estimate of drug-likeness (QED) is 0.158. The van der Waals surface area contributed by atoms with Gasteiger partial charge >= 0.3 is 0 Å². The van der Waals surface area contributed by atoms with Gasteiger partial charge in [0.05, 0.1) is 11.0 Å². The maximum Gasteiger partial charge on any atom is 0.0555 e. The molecule has 0 atom stereocenters. The summed E-state index contributed by atoms with van der Waals surface area (Å²) in [7, 11) is 0. The molecule has 0 fully saturated rings. The largest absolute Gasteiger partial charge is 0.311 e. The Morgan fingerprint density at radius 3 is 1.30 bits per heavy atom. The number of rotatable bonds is 7. The fraction of sp³-hybridized carbons (Fsp3) is 0. The summed E-state index contributed by atoms with van der Waals surface area (Å²) in [5, 5.41) is 5.28. The molecule has 0 amide bonds. The van der Waals surface area contributed by atoms with Gasteiger partial charge in [0.25, 0.3) is 0 Å². The molecule has 11 rings (SSSR count). The lowest BCUT2D eigenvalue weighted by molar-refractivity contribution is 1.18. The Kier molecular flexibility index (Phi) is 8.04. The van der Waals surface area contributed by atoms with Crippen molar-refractivity contribution in [3.63, 3.8) is 0 Å². The first-order valence-electron chi connectivity index (χ1n) is 19.4. The van der Waals surface area contributed by atoms with Crippen LogP contribution >= 0.6 is 11.3 Å². The minimum Gasteiger partial charge on any atom is -0.311 e. The molecule has 0 aliphatic carbocycles. The van der Waals surface area contributed by atoms with Crippen LogP contribution in [0.2, 0.25) is 0 Å². The van der Waals surface area contributed by atoms with Crippen LogP contribution in [-0.4, -0.2) is 4.57 Å². The molecule has 2 aromatic heterocycles. The smallest absolute Gasteiger partial charge is 0.0555 e. The van der Waals surface area contributed by atoms with E-state index in [4.69, 9.17) is 0 Å². The maximum absolute atomic E-state index is 2.42. The third kappa shape index (κ3) is 5.80. The van der Waals surface area contributed by atoms with Crippen LogP contribution in [-0.2, 0) is 0 Å². The number of hydrogen-bond acceptors (Lipinski definition) is 2. The zero-order chi connectivity index (χ0) is 37.7. The van der Waals surface area contributed by atoms with Crippen molar-refractivity contribution >= 4 is 70.4 Å². The van der Waals surface area contributed by atoms with Crippen LogP contribution in [0.15, 0.2) is 218 Å². The minimum absolute atomic E-state index is 1.10. The van der Waals surface area contributed by atoms with Crippen LogP contribution in [0, 0.1) is 0 Å². The van der Waals surface area contributed by atoms with Gasteiger partial charge in [-0.15, -0.1) is 11.3 Å². The molecule has 0 unspecified atom stereocenters. The van der Waals surface area contributed by atoms with Gasteiger partial charge in [0.15, 0.2) is 0 Å². The molecule has 11 aromatic rings. The fourth-order valence-corrected chi connectivity index (χ4v) is 9.69. The van der Waals surface area contributed by atoms with E-state index in [2.05, 4.69) is 228 Å². The summed E-state index contributed by atoms with van der Waals surface area (Å²) in [5.41, 5.74) is 14.1. The van der Waals surface area contributed by atoms with Crippen LogP contribution < -0.4 is 4.90 Å². The summed E-state index contributed by atoms with van der Waals surface area (Å²) in [6, 6.07) is 79.1. The molecular formula is C54H36N2S. The third-order valence-electron chi connectivity index (χ3n) is 11.2. The number of benzene rings is 9. The third-order valence-corrected chi connectivity index (χ3v) is 12.4. The molecule has 9 aromatic carbocycles. The standard InChI is InChI=1S/C54H36N2S/c1-3-11-37(12-4-1)39-19-27-43(28-20-39)55(44-29-21-40(22-30-44)38-13-5-2-6-14-38)45-31-23-41(24-32-45)42-25-33-46(34-26-42)56-50-17-9-7-16-49(50)53-51(56)36-35-48-47-15-8-10-18-52(47)57-54(48)53/h1-36H. The van der Waals surface area contributed by atoms with Crippen molar-refractivity contribution in [3.05, 3.63) is 218 Å². The molecular weight excluding hydrogens is 709 g/mol. The molecule has 0 N–H and O–H groups in total. The van der Waals surface area contributed by atoms with E-state index < -0.39 is 0 Å². The summed E-state index contributed by atoms with van der Waals surface area (Å²) in [5.74, 6) is 0. The topological polar surface area (TPSA) is 8.17 Å². The summed E-state index contributed by atoms with van der Waals surface area (Å²) < 4.78 is 5.11. The second-order valence-electron chi connectivity index (χ2n) is 14.5. The maximum atomic E-state index is 2.42. The SMILES string of the molecule is c1ccc(-c2ccc(N(c3ccc(-c4ccccc4)cc3)c3ccc(-c4ccc(-n5c6ccccc6c6c7sc8ccccc8c7ccc65)cc4)cc3)cc2)cc1. The number of aromatic nitrogens is 1. The second kappa shape index (κ2) is 13.8. The average molecular weight is 745 g/mol. The van der Waals surface area contributed by atoms with E-state index in [1.807, 2.05) is 11.3 Å². The Morgan fingerprint density at radius 1 is 0.316 bits per heavy atom. The van der Waals surface area contributed by atoms with Crippen LogP contribution in [0.25, 0.3) is 81.0 Å². The van der Waals surface area contributed by atoms with Crippen LogP contribution in [0.4, 0.5) is 17.1 Å². The number of para-hydroxylation sites is 1. The Bertz CT molecular complexity index is 3100. The molecule has 57 heavy (non-hydrogen) atoms. The second-order valence-corrected chi connectivity index (χ2v) is 15.6. The van der Waals surface area contributed by atoms with Crippen molar-refractivity contribution < 1.29 is 0 Å². The number of nitrogens with zero attached hydrogens (tertiary/aromatic N) is 2. The van der Waals surface area contributed by atoms with Crippen molar-refractivity contribution in [2.45, 2.75) is 0 Å². The van der Waals surface area contributed by atoms with Crippen molar-refractivity contribution in [2.24, 2.45) is 0 Å². The zero-order valence-electron chi connectivity index (χ0n) is 31.1. The van der Waals surface area contributed by atoms with Gasteiger partial charge in [-0.05, 0) is 100 Å². The molecule has 2 heterocycles. The van der Waals surface area contributed by atoms with E-state index in [0.29, 0.717) is 0 Å². The highest BCUT2D eigenvalue weighted by Gasteiger charge is 2.18. The molecule has 0 saturated carbocycles. The number of fused-ring (bicyclic) bond motifs is 7. The van der Waals surface area contributed by atoms with Gasteiger partial charge in [-0.2, -0.15) is 0 Å². The van der Waals surface area contributed by atoms with Gasteiger partial charge < -0.3 is 9.47 Å². The molecule has 0 spiro atoms. The minimum atomic E-state index is 1.10. The lowest BCUT2D eigenvalue weighted by atomic mass is 10.0. The highest BCUT2D eigenvalue weighted by molar-refractivity contribution is 7.26. The van der Waals surface area contributed by atoms with Gasteiger partial charge in [-0.3, -0.25) is 0 Å². The molecule has 0 radical (unpaired) electrons. The first-order chi connectivity index (χ1) is 28.3. The molecule has 2 nitrogen and oxygen atoms in total. The molecule has 0 aliphatic rings. The fourth-order valence-electron chi connectivity index (χ4n) is 8.43. The van der Waals surface area contributed by atoms with E-state index in [0.717, 1.165) is 22.7 Å². The van der Waals surface area contributed by atoms with Gasteiger partial charge in [0.1, 0.15) is 0 Å². The first-order valence-corrected chi connectivity index (χ1v) is 20.2. The first kappa shape index (κ1) is 33.2. The van der Waals surface area contributed by atoms with E-state index in [-0.39, 0.29) is 0 Å². The summed E-state index contributed by atoms with van der Waals surface area (Å²) >= 11 is 1.90. The van der Waals surface area contributed by atoms with Crippen molar-refractivity contribution in [3.8, 4) is 39.1 Å². The van der Waals surface area contributed by atoms with Gasteiger partial charge in [-0.1, -0.05) is 152 Å². The van der Waals surface area contributed by atoms with Crippen molar-refractivity contribution in [1.82, 2.24) is 4.57 Å². The summed E-state index contributed by atoms with van der Waals surface area (Å²) in [6.45, 7) is 0. The normalized spacial score (nSPS) is 11.5. The predicted molar refractivity (Wildman–Crippen MR) is 245 cm³/mol. The summed E-state index contributed by atoms with van der Waals surface area (Å²) in [6.07, 6.45) is 0. The Hall–Kier alpha value is -7.20. The Labute approximate surface area is 335 Å². The number of thiophene rings is 1. The van der Waals surface area contributed by atoms with Crippen LogP contribution in [0.1, 0.15) is 0 Å². The van der Waals surface area contributed by atoms with E-state index in [9.17, 15) is 0 Å². The van der Waals surface area contributed by atoms with E-state index in [1.54, 1.807) is 0 Å². The lowest BCUT2D eigenvalue weighted by Gasteiger charge is -2.26. The Morgan fingerprint density at radius 2 is 0.754 bits per heavy atom. The zero-order valence-corrected chi connectivity index (χ0v) is 31.9. The number of hydrogen-bond donors (Lipinski definition) is 0. The molecule has 268 valence electrons. The van der Waals surface area contributed by atoms with Gasteiger partial charge in [0, 0.05) is 53.7 Å². The van der Waals surface area contributed by atoms with Crippen molar-refractivity contribution in [2.75, 3.05) is 4.90 Å². The van der Waals surface area contributed by atoms with Crippen LogP contribution in [0.3, 0.4) is 0 Å². The highest BCUT2D eigenvalue weighted by Crippen LogP contribution is 2.44. The molecule has 0 aliphatic heterocycles. The highest BCUT2D eigenvalue weighted by atomic mass is 32.1. The van der Waals surface area contributed by atoms with Crippen LogP contribution in [0.5, 0.6) is 0 Å². The average Bonchev–Trinajstić information content (AvgIpc) is 3.84. The van der Waals surface area contributed by atoms with E-state index >= 15 is 0 Å². The molecule has 3 heteroatoms. The predicted octanol–water partition coefficient (Wildman–Crippen LogP) is 15.6. The molecule has 0 bridgehead atoms.